The van der Waals surface area contributed by atoms with Crippen LogP contribution in [0.3, 0.4) is 0 Å². The van der Waals surface area contributed by atoms with Crippen molar-refractivity contribution in [3.63, 3.8) is 0 Å². The van der Waals surface area contributed by atoms with Crippen molar-refractivity contribution < 1.29 is 4.52 Å². The summed E-state index contributed by atoms with van der Waals surface area (Å²) in [4.78, 5) is 8.52. The summed E-state index contributed by atoms with van der Waals surface area (Å²) in [5.41, 5.74) is 1.70. The van der Waals surface area contributed by atoms with Crippen molar-refractivity contribution in [2.24, 2.45) is 7.05 Å². The number of aromatic nitrogens is 6. The molecule has 4 rings (SSSR count). The summed E-state index contributed by atoms with van der Waals surface area (Å²) in [5.74, 6) is 2.30. The van der Waals surface area contributed by atoms with Crippen molar-refractivity contribution in [2.75, 3.05) is 0 Å². The summed E-state index contributed by atoms with van der Waals surface area (Å²) in [6.07, 6.45) is 3.48. The van der Waals surface area contributed by atoms with Gasteiger partial charge in [-0.25, -0.2) is 0 Å². The van der Waals surface area contributed by atoms with E-state index >= 15 is 0 Å². The Morgan fingerprint density at radius 3 is 2.85 bits per heavy atom. The van der Waals surface area contributed by atoms with Crippen LogP contribution in [0.5, 0.6) is 0 Å². The lowest BCUT2D eigenvalue weighted by molar-refractivity contribution is 0.425. The lowest BCUT2D eigenvalue weighted by Crippen LogP contribution is -1.95. The maximum Gasteiger partial charge on any atom is 0.258 e. The van der Waals surface area contributed by atoms with E-state index < -0.39 is 0 Å². The van der Waals surface area contributed by atoms with Crippen LogP contribution < -0.4 is 0 Å². The molecule has 9 heteroatoms. The maximum atomic E-state index is 6.00. The van der Waals surface area contributed by atoms with Gasteiger partial charge in [0.1, 0.15) is 0 Å². The molecule has 4 aromatic rings. The molecule has 0 amide bonds. The van der Waals surface area contributed by atoms with Gasteiger partial charge in [0.2, 0.25) is 0 Å². The fourth-order valence-electron chi connectivity index (χ4n) is 2.37. The van der Waals surface area contributed by atoms with Crippen LogP contribution in [-0.4, -0.2) is 29.9 Å². The van der Waals surface area contributed by atoms with Gasteiger partial charge in [-0.2, -0.15) is 4.98 Å². The van der Waals surface area contributed by atoms with Crippen molar-refractivity contribution in [3.05, 3.63) is 59.6 Å². The summed E-state index contributed by atoms with van der Waals surface area (Å²) in [6.45, 7) is 0. The van der Waals surface area contributed by atoms with E-state index in [0.717, 1.165) is 22.1 Å². The largest absolute Gasteiger partial charge is 0.334 e. The summed E-state index contributed by atoms with van der Waals surface area (Å²) in [7, 11) is 1.91. The molecule has 0 unspecified atom stereocenters. The highest BCUT2D eigenvalue weighted by molar-refractivity contribution is 7.98. The summed E-state index contributed by atoms with van der Waals surface area (Å²) in [6, 6.07) is 11.1. The highest BCUT2D eigenvalue weighted by Gasteiger charge is 2.14. The van der Waals surface area contributed by atoms with E-state index in [1.807, 2.05) is 35.9 Å². The first-order valence-electron chi connectivity index (χ1n) is 7.72. The van der Waals surface area contributed by atoms with Gasteiger partial charge in [0.15, 0.2) is 16.8 Å². The molecule has 0 saturated heterocycles. The SMILES string of the molecule is Cn1c(SCc2noc(-c3cccc(Cl)c3)n2)nnc1-c1cccnc1. The number of nitrogens with zero attached hydrogens (tertiary/aromatic N) is 6. The Hall–Kier alpha value is -2.71. The third kappa shape index (κ3) is 3.47. The Balaban J connectivity index is 1.48. The van der Waals surface area contributed by atoms with Crippen molar-refractivity contribution >= 4 is 23.4 Å². The van der Waals surface area contributed by atoms with E-state index in [2.05, 4.69) is 25.3 Å². The summed E-state index contributed by atoms with van der Waals surface area (Å²) in [5, 5.41) is 13.9. The molecule has 26 heavy (non-hydrogen) atoms. The molecule has 0 spiro atoms. The predicted molar refractivity (Wildman–Crippen MR) is 98.5 cm³/mol. The second-order valence-electron chi connectivity index (χ2n) is 5.42. The second kappa shape index (κ2) is 7.27. The number of benzene rings is 1. The Bertz CT molecular complexity index is 1030. The van der Waals surface area contributed by atoms with Crippen LogP contribution in [0, 0.1) is 0 Å². The maximum absolute atomic E-state index is 6.00. The lowest BCUT2D eigenvalue weighted by Gasteiger charge is -2.02. The highest BCUT2D eigenvalue weighted by atomic mass is 35.5. The van der Waals surface area contributed by atoms with E-state index in [1.165, 1.54) is 11.8 Å². The number of hydrogen-bond donors (Lipinski definition) is 0. The topological polar surface area (TPSA) is 82.5 Å². The molecule has 1 aromatic carbocycles. The molecule has 0 radical (unpaired) electrons. The summed E-state index contributed by atoms with van der Waals surface area (Å²) >= 11 is 7.48. The lowest BCUT2D eigenvalue weighted by atomic mass is 10.2. The number of rotatable bonds is 5. The molecule has 0 bridgehead atoms. The number of pyridine rings is 1. The van der Waals surface area contributed by atoms with E-state index in [-0.39, 0.29) is 0 Å². The molecule has 3 heterocycles. The minimum Gasteiger partial charge on any atom is -0.334 e. The van der Waals surface area contributed by atoms with Crippen LogP contribution >= 0.6 is 23.4 Å². The zero-order chi connectivity index (χ0) is 17.9. The standard InChI is InChI=1S/C17H13ClN6OS/c1-24-15(12-5-3-7-19-9-12)21-22-17(24)26-10-14-20-16(25-23-14)11-4-2-6-13(18)8-11/h2-9H,10H2,1H3. The third-order valence-corrected chi connectivity index (χ3v) is 4.88. The molecule has 0 fully saturated rings. The molecular formula is C17H13ClN6OS. The van der Waals surface area contributed by atoms with E-state index in [4.69, 9.17) is 16.1 Å². The van der Waals surface area contributed by atoms with Gasteiger partial charge in [-0.15, -0.1) is 10.2 Å². The van der Waals surface area contributed by atoms with Crippen LogP contribution in [0.4, 0.5) is 0 Å². The zero-order valence-electron chi connectivity index (χ0n) is 13.7. The average molecular weight is 385 g/mol. The minimum absolute atomic E-state index is 0.442. The van der Waals surface area contributed by atoms with Gasteiger partial charge >= 0.3 is 0 Å². The number of halogens is 1. The first-order chi connectivity index (χ1) is 12.7. The Kier molecular flexibility index (Phi) is 4.68. The van der Waals surface area contributed by atoms with Crippen LogP contribution in [0.2, 0.25) is 5.02 Å². The Labute approximate surface area is 158 Å². The van der Waals surface area contributed by atoms with Crippen molar-refractivity contribution in [1.29, 1.82) is 0 Å². The molecule has 0 aliphatic heterocycles. The molecule has 0 aliphatic rings. The molecule has 130 valence electrons. The predicted octanol–water partition coefficient (Wildman–Crippen LogP) is 3.87. The first kappa shape index (κ1) is 16.7. The van der Waals surface area contributed by atoms with Gasteiger partial charge in [0, 0.05) is 35.6 Å². The van der Waals surface area contributed by atoms with Gasteiger partial charge < -0.3 is 9.09 Å². The average Bonchev–Trinajstić information content (AvgIpc) is 3.28. The Morgan fingerprint density at radius 1 is 1.15 bits per heavy atom. The van der Waals surface area contributed by atoms with Crippen LogP contribution in [0.1, 0.15) is 5.82 Å². The fourth-order valence-corrected chi connectivity index (χ4v) is 3.31. The smallest absolute Gasteiger partial charge is 0.258 e. The molecule has 0 atom stereocenters. The van der Waals surface area contributed by atoms with Crippen LogP contribution in [0.25, 0.3) is 22.8 Å². The normalized spacial score (nSPS) is 11.0. The van der Waals surface area contributed by atoms with Crippen LogP contribution in [0.15, 0.2) is 58.5 Å². The Morgan fingerprint density at radius 2 is 2.04 bits per heavy atom. The molecule has 0 N–H and O–H groups in total. The minimum atomic E-state index is 0.442. The van der Waals surface area contributed by atoms with Crippen molar-refractivity contribution in [2.45, 2.75) is 10.9 Å². The number of hydrogen-bond acceptors (Lipinski definition) is 7. The fraction of sp³-hybridized carbons (Fsp3) is 0.118. The highest BCUT2D eigenvalue weighted by Crippen LogP contribution is 2.26. The third-order valence-electron chi connectivity index (χ3n) is 3.62. The molecule has 7 nitrogen and oxygen atoms in total. The molecule has 3 aromatic heterocycles. The van der Waals surface area contributed by atoms with E-state index in [9.17, 15) is 0 Å². The quantitative estimate of drug-likeness (QED) is 0.483. The van der Waals surface area contributed by atoms with Gasteiger partial charge in [-0.05, 0) is 30.3 Å². The van der Waals surface area contributed by atoms with Crippen molar-refractivity contribution in [1.82, 2.24) is 29.9 Å². The van der Waals surface area contributed by atoms with Gasteiger partial charge in [-0.1, -0.05) is 34.6 Å². The molecule has 0 saturated carbocycles. The van der Waals surface area contributed by atoms with E-state index in [1.54, 1.807) is 24.5 Å². The van der Waals surface area contributed by atoms with Crippen molar-refractivity contribution in [3.8, 4) is 22.8 Å². The van der Waals surface area contributed by atoms with Gasteiger partial charge in [0.05, 0.1) is 5.75 Å². The zero-order valence-corrected chi connectivity index (χ0v) is 15.3. The van der Waals surface area contributed by atoms with Gasteiger partial charge in [-0.3, -0.25) is 4.98 Å². The van der Waals surface area contributed by atoms with E-state index in [0.29, 0.717) is 22.5 Å². The van der Waals surface area contributed by atoms with Gasteiger partial charge in [0.25, 0.3) is 5.89 Å². The number of thioether (sulfide) groups is 1. The second-order valence-corrected chi connectivity index (χ2v) is 6.80. The summed E-state index contributed by atoms with van der Waals surface area (Å²) < 4.78 is 7.23. The van der Waals surface area contributed by atoms with Crippen LogP contribution in [-0.2, 0) is 12.8 Å². The molecule has 0 aliphatic carbocycles. The monoisotopic (exact) mass is 384 g/mol. The first-order valence-corrected chi connectivity index (χ1v) is 9.08. The molecular weight excluding hydrogens is 372 g/mol.